The number of hydrogen-bond acceptors (Lipinski definition) is 6. The van der Waals surface area contributed by atoms with E-state index >= 15 is 0 Å². The molecular weight excluding hydrogens is 318 g/mol. The van der Waals surface area contributed by atoms with Crippen LogP contribution in [-0.4, -0.2) is 46.8 Å². The quantitative estimate of drug-likeness (QED) is 0.710. The Morgan fingerprint density at radius 3 is 1.95 bits per heavy atom. The lowest BCUT2D eigenvalue weighted by Crippen LogP contribution is -2.15. The van der Waals surface area contributed by atoms with Crippen LogP contribution in [0.15, 0.2) is 35.2 Å². The minimum Gasteiger partial charge on any atom is -0.317 e. The van der Waals surface area contributed by atoms with E-state index in [0.29, 0.717) is 0 Å². The number of rotatable bonds is 7. The third-order valence-electron chi connectivity index (χ3n) is 2.19. The van der Waals surface area contributed by atoms with Crippen LogP contribution >= 0.6 is 0 Å². The van der Waals surface area contributed by atoms with Crippen molar-refractivity contribution >= 4 is 20.2 Å². The molecule has 9 heteroatoms. The standard InChI is InChI=1S/C8H10O6S2.C4H11N/c9-15(10,7-6-14-16(11,12)13)8-4-2-1-3-5-8;1-3-5-4-2/h1-5H,6-7H2,(H,11,12,13);5H,3-4H2,1-2H3. The maximum Gasteiger partial charge on any atom is 0.397 e. The molecule has 0 amide bonds. The third kappa shape index (κ3) is 10.4. The molecule has 0 aromatic heterocycles. The van der Waals surface area contributed by atoms with Crippen LogP contribution in [0.1, 0.15) is 13.8 Å². The minimum atomic E-state index is -4.59. The summed E-state index contributed by atoms with van der Waals surface area (Å²) in [5.41, 5.74) is 0. The molecule has 0 spiro atoms. The molecule has 0 unspecified atom stereocenters. The van der Waals surface area contributed by atoms with Gasteiger partial charge in [-0.3, -0.25) is 4.55 Å². The zero-order valence-corrected chi connectivity index (χ0v) is 13.7. The van der Waals surface area contributed by atoms with Crippen molar-refractivity contribution in [2.24, 2.45) is 0 Å². The summed E-state index contributed by atoms with van der Waals surface area (Å²) in [6, 6.07) is 7.55. The van der Waals surface area contributed by atoms with Crippen LogP contribution in [0.5, 0.6) is 0 Å². The van der Waals surface area contributed by atoms with Crippen LogP contribution in [0.3, 0.4) is 0 Å². The average Bonchev–Trinajstić information content (AvgIpc) is 2.39. The van der Waals surface area contributed by atoms with Crippen molar-refractivity contribution in [2.45, 2.75) is 18.7 Å². The van der Waals surface area contributed by atoms with E-state index in [0.717, 1.165) is 13.1 Å². The maximum absolute atomic E-state index is 11.6. The van der Waals surface area contributed by atoms with Crippen molar-refractivity contribution in [1.29, 1.82) is 0 Å². The lowest BCUT2D eigenvalue weighted by atomic mass is 10.4. The lowest BCUT2D eigenvalue weighted by molar-refractivity contribution is 0.284. The van der Waals surface area contributed by atoms with Crippen LogP contribution in [0.2, 0.25) is 0 Å². The summed E-state index contributed by atoms with van der Waals surface area (Å²) < 4.78 is 55.7. The Morgan fingerprint density at radius 2 is 1.57 bits per heavy atom. The van der Waals surface area contributed by atoms with E-state index in [1.54, 1.807) is 18.2 Å². The molecule has 0 saturated carbocycles. The Hall–Kier alpha value is -1.00. The van der Waals surface area contributed by atoms with Crippen LogP contribution in [-0.2, 0) is 24.4 Å². The first-order valence-electron chi connectivity index (χ1n) is 6.33. The molecule has 1 aromatic rings. The fourth-order valence-electron chi connectivity index (χ4n) is 1.24. The number of sulfone groups is 1. The van der Waals surface area contributed by atoms with Crippen molar-refractivity contribution in [3.05, 3.63) is 30.3 Å². The minimum absolute atomic E-state index is 0.0777. The van der Waals surface area contributed by atoms with Gasteiger partial charge in [0.15, 0.2) is 9.84 Å². The van der Waals surface area contributed by atoms with Crippen molar-refractivity contribution in [2.75, 3.05) is 25.4 Å². The molecule has 0 atom stereocenters. The summed E-state index contributed by atoms with van der Waals surface area (Å²) in [6.07, 6.45) is 0. The summed E-state index contributed by atoms with van der Waals surface area (Å²) >= 11 is 0. The van der Waals surface area contributed by atoms with Gasteiger partial charge in [0.1, 0.15) is 0 Å². The van der Waals surface area contributed by atoms with Gasteiger partial charge in [0.05, 0.1) is 17.3 Å². The Bertz CT molecular complexity index is 581. The predicted octanol–water partition coefficient (Wildman–Crippen LogP) is 0.896. The van der Waals surface area contributed by atoms with E-state index < -0.39 is 32.6 Å². The Labute approximate surface area is 126 Å². The largest absolute Gasteiger partial charge is 0.397 e. The van der Waals surface area contributed by atoms with E-state index in [2.05, 4.69) is 23.3 Å². The molecule has 7 nitrogen and oxygen atoms in total. The van der Waals surface area contributed by atoms with Gasteiger partial charge in [0.25, 0.3) is 0 Å². The zero-order valence-electron chi connectivity index (χ0n) is 12.0. The zero-order chi connectivity index (χ0) is 16.4. The van der Waals surface area contributed by atoms with E-state index in [1.807, 2.05) is 0 Å². The second-order valence-corrected chi connectivity index (χ2v) is 7.04. The van der Waals surface area contributed by atoms with E-state index in [1.165, 1.54) is 12.1 Å². The smallest absolute Gasteiger partial charge is 0.317 e. The molecule has 0 aliphatic heterocycles. The second kappa shape index (κ2) is 9.85. The van der Waals surface area contributed by atoms with Crippen LogP contribution in [0.25, 0.3) is 0 Å². The first-order valence-corrected chi connectivity index (χ1v) is 9.35. The summed E-state index contributed by atoms with van der Waals surface area (Å²) in [5, 5.41) is 3.11. The number of benzene rings is 1. The number of hydrogen-bond donors (Lipinski definition) is 2. The van der Waals surface area contributed by atoms with Gasteiger partial charge in [-0.25, -0.2) is 12.6 Å². The van der Waals surface area contributed by atoms with Crippen LogP contribution in [0.4, 0.5) is 0 Å². The van der Waals surface area contributed by atoms with Gasteiger partial charge < -0.3 is 5.32 Å². The molecule has 0 fully saturated rings. The number of nitrogens with one attached hydrogen (secondary N) is 1. The van der Waals surface area contributed by atoms with E-state index in [-0.39, 0.29) is 4.90 Å². The van der Waals surface area contributed by atoms with E-state index in [4.69, 9.17) is 4.55 Å². The monoisotopic (exact) mass is 339 g/mol. The molecule has 1 rings (SSSR count). The van der Waals surface area contributed by atoms with Gasteiger partial charge in [-0.2, -0.15) is 8.42 Å². The van der Waals surface area contributed by atoms with Crippen molar-refractivity contribution in [1.82, 2.24) is 5.32 Å². The molecular formula is C12H21NO6S2. The maximum atomic E-state index is 11.6. The Kier molecular flexibility index (Phi) is 9.38. The van der Waals surface area contributed by atoms with Crippen molar-refractivity contribution in [3.8, 4) is 0 Å². The highest BCUT2D eigenvalue weighted by molar-refractivity contribution is 7.91. The summed E-state index contributed by atoms with van der Waals surface area (Å²) in [7, 11) is -8.18. The Morgan fingerprint density at radius 1 is 1.05 bits per heavy atom. The molecule has 0 radical (unpaired) electrons. The SMILES string of the molecule is CCNCC.O=S(=O)(O)OCCS(=O)(=O)c1ccccc1. The van der Waals surface area contributed by atoms with Gasteiger partial charge in [-0.05, 0) is 25.2 Å². The highest BCUT2D eigenvalue weighted by Crippen LogP contribution is 2.09. The summed E-state index contributed by atoms with van der Waals surface area (Å²) in [5.74, 6) is -0.517. The lowest BCUT2D eigenvalue weighted by Gasteiger charge is -2.03. The second-order valence-electron chi connectivity index (χ2n) is 3.84. The van der Waals surface area contributed by atoms with Crippen LogP contribution < -0.4 is 5.32 Å². The molecule has 1 aromatic carbocycles. The van der Waals surface area contributed by atoms with Gasteiger partial charge in [0, 0.05) is 0 Å². The van der Waals surface area contributed by atoms with Gasteiger partial charge in [-0.1, -0.05) is 32.0 Å². The molecule has 0 aliphatic carbocycles. The van der Waals surface area contributed by atoms with Gasteiger partial charge in [-0.15, -0.1) is 0 Å². The molecule has 0 saturated heterocycles. The molecule has 0 aliphatic rings. The highest BCUT2D eigenvalue weighted by Gasteiger charge is 2.15. The summed E-state index contributed by atoms with van der Waals surface area (Å²) in [6.45, 7) is 5.77. The van der Waals surface area contributed by atoms with Crippen molar-refractivity contribution in [3.63, 3.8) is 0 Å². The van der Waals surface area contributed by atoms with E-state index in [9.17, 15) is 16.8 Å². The molecule has 0 heterocycles. The molecule has 21 heavy (non-hydrogen) atoms. The highest BCUT2D eigenvalue weighted by atomic mass is 32.3. The van der Waals surface area contributed by atoms with Gasteiger partial charge >= 0.3 is 10.4 Å². The van der Waals surface area contributed by atoms with Crippen LogP contribution in [0, 0.1) is 0 Å². The summed E-state index contributed by atoms with van der Waals surface area (Å²) in [4.78, 5) is 0.0777. The fraction of sp³-hybridized carbons (Fsp3) is 0.500. The average molecular weight is 339 g/mol. The Balaban J connectivity index is 0.000000690. The molecule has 2 N–H and O–H groups in total. The first-order chi connectivity index (χ1) is 9.73. The molecule has 0 bridgehead atoms. The van der Waals surface area contributed by atoms with Crippen molar-refractivity contribution < 1.29 is 25.6 Å². The first kappa shape index (κ1) is 20.0. The predicted molar refractivity (Wildman–Crippen MR) is 80.2 cm³/mol. The molecule has 122 valence electrons. The normalized spacial score (nSPS) is 11.6. The topological polar surface area (TPSA) is 110 Å². The third-order valence-corrected chi connectivity index (χ3v) is 4.35. The van der Waals surface area contributed by atoms with Gasteiger partial charge in [0.2, 0.25) is 0 Å². The fourth-order valence-corrected chi connectivity index (χ4v) is 2.75.